The molecule has 1 saturated heterocycles. The number of aliphatic hydroxyl groups excluding tert-OH is 1. The molecule has 1 aliphatic heterocycles. The number of amides is 5. The molecule has 0 unspecified atom stereocenters. The lowest BCUT2D eigenvalue weighted by Gasteiger charge is -2.29. The Kier molecular flexibility index (Phi) is 13.9. The highest BCUT2D eigenvalue weighted by atomic mass is 16.4. The predicted molar refractivity (Wildman–Crippen MR) is 208 cm³/mol. The molecule has 5 amide bonds. The smallest absolute Gasteiger partial charge is 0.326 e. The summed E-state index contributed by atoms with van der Waals surface area (Å²) in [6.45, 7) is 3.00. The van der Waals surface area contributed by atoms with Gasteiger partial charge in [-0.05, 0) is 55.9 Å². The van der Waals surface area contributed by atoms with Crippen molar-refractivity contribution in [2.45, 2.75) is 88.3 Å². The number of rotatable bonds is 17. The number of hydrogen-bond donors (Lipinski definition) is 8. The number of likely N-dealkylation sites (tertiary alicyclic amines) is 1. The first kappa shape index (κ1) is 41.1. The number of nitrogens with one attached hydrogen (secondary N) is 5. The van der Waals surface area contributed by atoms with Crippen LogP contribution in [0.15, 0.2) is 91.1 Å². The van der Waals surface area contributed by atoms with Crippen molar-refractivity contribution in [2.24, 2.45) is 5.73 Å². The monoisotopic (exact) mass is 767 g/mol. The molecule has 0 bridgehead atoms. The Morgan fingerprint density at radius 1 is 0.768 bits per heavy atom. The van der Waals surface area contributed by atoms with Gasteiger partial charge in [0.2, 0.25) is 29.5 Å². The van der Waals surface area contributed by atoms with E-state index in [0.717, 1.165) is 22.0 Å². The Hall–Kier alpha value is -6.06. The normalized spacial score (nSPS) is 17.1. The summed E-state index contributed by atoms with van der Waals surface area (Å²) in [6.07, 6.45) is 1.41. The Labute approximate surface area is 324 Å². The van der Waals surface area contributed by atoms with Crippen molar-refractivity contribution in [1.29, 1.82) is 0 Å². The second kappa shape index (κ2) is 19.0. The van der Waals surface area contributed by atoms with Crippen molar-refractivity contribution in [1.82, 2.24) is 31.2 Å². The second-order valence-corrected chi connectivity index (χ2v) is 14.2. The standard InChI is InChI=1S/C41H49N7O8/c1-24(40(54)48-19-11-18-34(48)38(52)46-33(41(55)56)21-27-14-7-4-8-15-27)44-37(51)32(20-26-12-5-3-6-13-26)45-39(53)35(25(2)49)47-36(50)30(42)22-28-23-43-31-17-10-9-16-29(28)31/h3-10,12-17,23-25,30,32-35,43,49H,11,18-22,42H2,1-2H3,(H,44,51)(H,45,53)(H,46,52)(H,47,50)(H,55,56)/t24-,25+,30-,32-,33-,34-,35-/m0/s1. The van der Waals surface area contributed by atoms with Gasteiger partial charge in [0.25, 0.3) is 0 Å². The van der Waals surface area contributed by atoms with E-state index in [1.807, 2.05) is 24.3 Å². The van der Waals surface area contributed by atoms with Gasteiger partial charge in [-0.15, -0.1) is 0 Å². The lowest BCUT2D eigenvalue weighted by Crippen LogP contribution is -2.61. The molecule has 7 atom stereocenters. The Balaban J connectivity index is 1.23. The number of carboxylic acids is 1. The molecule has 4 aromatic rings. The first-order chi connectivity index (χ1) is 26.8. The molecule has 296 valence electrons. The molecular weight excluding hydrogens is 718 g/mol. The van der Waals surface area contributed by atoms with Crippen LogP contribution in [-0.2, 0) is 48.0 Å². The van der Waals surface area contributed by atoms with Crippen molar-refractivity contribution in [3.8, 4) is 0 Å². The van der Waals surface area contributed by atoms with E-state index in [-0.39, 0.29) is 25.8 Å². The summed E-state index contributed by atoms with van der Waals surface area (Å²) in [7, 11) is 0. The van der Waals surface area contributed by atoms with Gasteiger partial charge in [-0.25, -0.2) is 4.79 Å². The van der Waals surface area contributed by atoms with Crippen LogP contribution in [0.5, 0.6) is 0 Å². The number of nitrogens with zero attached hydrogens (tertiary/aromatic N) is 1. The SMILES string of the molecule is C[C@H](NC(=O)[C@H](Cc1ccccc1)NC(=O)[C@@H](NC(=O)[C@@H](N)Cc1c[nH]c2ccccc12)[C@@H](C)O)C(=O)N1CCC[C@H]1C(=O)N[C@@H](Cc1ccccc1)C(=O)O. The first-order valence-corrected chi connectivity index (χ1v) is 18.6. The van der Waals surface area contributed by atoms with Gasteiger partial charge in [0.05, 0.1) is 12.1 Å². The quantitative estimate of drug-likeness (QED) is 0.0763. The van der Waals surface area contributed by atoms with Gasteiger partial charge in [-0.3, -0.25) is 24.0 Å². The van der Waals surface area contributed by atoms with E-state index in [0.29, 0.717) is 18.4 Å². The average Bonchev–Trinajstić information content (AvgIpc) is 3.84. The van der Waals surface area contributed by atoms with Crippen LogP contribution in [0, 0.1) is 0 Å². The summed E-state index contributed by atoms with van der Waals surface area (Å²) >= 11 is 0. The fraction of sp³-hybridized carbons (Fsp3) is 0.366. The number of H-pyrrole nitrogens is 1. The number of aromatic amines is 1. The summed E-state index contributed by atoms with van der Waals surface area (Å²) in [4.78, 5) is 84.2. The average molecular weight is 768 g/mol. The molecule has 2 heterocycles. The molecule has 56 heavy (non-hydrogen) atoms. The summed E-state index contributed by atoms with van der Waals surface area (Å²) in [5.74, 6) is -4.63. The van der Waals surface area contributed by atoms with Crippen LogP contribution in [0.3, 0.4) is 0 Å². The van der Waals surface area contributed by atoms with Crippen molar-refractivity contribution in [3.05, 3.63) is 108 Å². The van der Waals surface area contributed by atoms with Gasteiger partial charge >= 0.3 is 5.97 Å². The summed E-state index contributed by atoms with van der Waals surface area (Å²) in [6, 6.07) is 18.2. The van der Waals surface area contributed by atoms with Crippen LogP contribution in [0.2, 0.25) is 0 Å². The van der Waals surface area contributed by atoms with E-state index in [9.17, 15) is 39.0 Å². The maximum atomic E-state index is 13.8. The molecule has 0 spiro atoms. The maximum absolute atomic E-state index is 13.8. The number of para-hydroxylation sites is 1. The van der Waals surface area contributed by atoms with Crippen molar-refractivity contribution >= 4 is 46.4 Å². The Bertz CT molecular complexity index is 2000. The number of aliphatic carboxylic acids is 1. The number of carboxylic acid groups (broad SMARTS) is 1. The molecule has 15 heteroatoms. The third-order valence-electron chi connectivity index (χ3n) is 9.89. The van der Waals surface area contributed by atoms with Crippen LogP contribution in [0.1, 0.15) is 43.4 Å². The molecule has 1 fully saturated rings. The lowest BCUT2D eigenvalue weighted by molar-refractivity contribution is -0.144. The molecule has 0 saturated carbocycles. The maximum Gasteiger partial charge on any atom is 0.326 e. The zero-order valence-corrected chi connectivity index (χ0v) is 31.3. The summed E-state index contributed by atoms with van der Waals surface area (Å²) in [5.41, 5.74) is 9.33. The van der Waals surface area contributed by atoms with E-state index in [1.165, 1.54) is 18.7 Å². The number of carbonyl (C=O) groups excluding carboxylic acids is 5. The summed E-state index contributed by atoms with van der Waals surface area (Å²) in [5, 5.41) is 31.7. The number of hydrogen-bond acceptors (Lipinski definition) is 8. The van der Waals surface area contributed by atoms with E-state index < -0.39 is 77.9 Å². The predicted octanol–water partition coefficient (Wildman–Crippen LogP) is 0.939. The van der Waals surface area contributed by atoms with Crippen LogP contribution in [0.25, 0.3) is 10.9 Å². The molecule has 9 N–H and O–H groups in total. The third-order valence-corrected chi connectivity index (χ3v) is 9.89. The first-order valence-electron chi connectivity index (χ1n) is 18.6. The molecule has 0 aliphatic carbocycles. The second-order valence-electron chi connectivity index (χ2n) is 14.2. The molecule has 1 aromatic heterocycles. The third kappa shape index (κ3) is 10.6. The van der Waals surface area contributed by atoms with E-state index in [4.69, 9.17) is 5.73 Å². The Morgan fingerprint density at radius 2 is 1.38 bits per heavy atom. The van der Waals surface area contributed by atoms with Gasteiger partial charge in [-0.2, -0.15) is 0 Å². The number of nitrogens with two attached hydrogens (primary N) is 1. The highest BCUT2D eigenvalue weighted by Crippen LogP contribution is 2.20. The van der Waals surface area contributed by atoms with Gasteiger partial charge in [0.1, 0.15) is 30.2 Å². The van der Waals surface area contributed by atoms with E-state index >= 15 is 0 Å². The van der Waals surface area contributed by atoms with Crippen LogP contribution >= 0.6 is 0 Å². The van der Waals surface area contributed by atoms with Crippen LogP contribution < -0.4 is 27.0 Å². The van der Waals surface area contributed by atoms with E-state index in [2.05, 4.69) is 26.3 Å². The molecule has 15 nitrogen and oxygen atoms in total. The topological polar surface area (TPSA) is 236 Å². The number of benzene rings is 3. The minimum atomic E-state index is -1.47. The number of carbonyl (C=O) groups is 6. The number of aliphatic hydroxyl groups is 1. The highest BCUT2D eigenvalue weighted by molar-refractivity contribution is 5.97. The Morgan fingerprint density at radius 3 is 2.00 bits per heavy atom. The molecule has 5 rings (SSSR count). The van der Waals surface area contributed by atoms with Crippen molar-refractivity contribution < 1.29 is 39.0 Å². The van der Waals surface area contributed by atoms with Gasteiger partial charge in [0.15, 0.2) is 0 Å². The fourth-order valence-electron chi connectivity index (χ4n) is 6.86. The zero-order valence-electron chi connectivity index (χ0n) is 31.3. The molecule has 3 aromatic carbocycles. The molecule has 0 radical (unpaired) electrons. The lowest BCUT2D eigenvalue weighted by atomic mass is 10.0. The molecule has 1 aliphatic rings. The van der Waals surface area contributed by atoms with Crippen molar-refractivity contribution in [2.75, 3.05) is 6.54 Å². The minimum Gasteiger partial charge on any atom is -0.480 e. The van der Waals surface area contributed by atoms with Gasteiger partial charge in [-0.1, -0.05) is 78.9 Å². The van der Waals surface area contributed by atoms with Crippen LogP contribution in [0.4, 0.5) is 0 Å². The molecular formula is C41H49N7O8. The number of fused-ring (bicyclic) bond motifs is 1. The summed E-state index contributed by atoms with van der Waals surface area (Å²) < 4.78 is 0. The number of aromatic nitrogens is 1. The zero-order chi connectivity index (χ0) is 40.4. The minimum absolute atomic E-state index is 0.00656. The van der Waals surface area contributed by atoms with Gasteiger partial charge < -0.3 is 47.1 Å². The highest BCUT2D eigenvalue weighted by Gasteiger charge is 2.39. The fourth-order valence-corrected chi connectivity index (χ4v) is 6.86. The van der Waals surface area contributed by atoms with Gasteiger partial charge in [0, 0.05) is 36.5 Å². The van der Waals surface area contributed by atoms with Crippen molar-refractivity contribution in [3.63, 3.8) is 0 Å². The largest absolute Gasteiger partial charge is 0.480 e. The van der Waals surface area contributed by atoms with E-state index in [1.54, 1.807) is 66.9 Å². The van der Waals surface area contributed by atoms with Crippen LogP contribution in [-0.4, -0.2) is 105 Å².